The molecule has 5 heteroatoms. The third kappa shape index (κ3) is 3.13. The summed E-state index contributed by atoms with van der Waals surface area (Å²) in [4.78, 5) is 14.3. The van der Waals surface area contributed by atoms with Crippen molar-refractivity contribution in [1.29, 1.82) is 0 Å². The Morgan fingerprint density at radius 3 is 2.71 bits per heavy atom. The van der Waals surface area contributed by atoms with E-state index in [4.69, 9.17) is 5.73 Å². The zero-order valence-electron chi connectivity index (χ0n) is 12.8. The van der Waals surface area contributed by atoms with Gasteiger partial charge in [-0.25, -0.2) is 0 Å². The second kappa shape index (κ2) is 6.54. The van der Waals surface area contributed by atoms with Crippen LogP contribution in [0.15, 0.2) is 30.5 Å². The summed E-state index contributed by atoms with van der Waals surface area (Å²) in [7, 11) is 1.79. The van der Waals surface area contributed by atoms with Crippen LogP contribution in [0.2, 0.25) is 0 Å². The van der Waals surface area contributed by atoms with Crippen molar-refractivity contribution < 1.29 is 4.79 Å². The van der Waals surface area contributed by atoms with Crippen LogP contribution in [0.25, 0.3) is 0 Å². The minimum Gasteiger partial charge on any atom is -0.330 e. The Balaban J connectivity index is 2.24. The van der Waals surface area contributed by atoms with Crippen molar-refractivity contribution in [1.82, 2.24) is 9.78 Å². The van der Waals surface area contributed by atoms with Gasteiger partial charge < -0.3 is 10.6 Å². The number of anilines is 1. The van der Waals surface area contributed by atoms with Crippen molar-refractivity contribution in [2.45, 2.75) is 26.8 Å². The molecule has 0 aliphatic heterocycles. The highest BCUT2D eigenvalue weighted by Crippen LogP contribution is 2.21. The number of hydrogen-bond acceptors (Lipinski definition) is 3. The summed E-state index contributed by atoms with van der Waals surface area (Å²) >= 11 is 0. The fourth-order valence-electron chi connectivity index (χ4n) is 2.35. The monoisotopic (exact) mass is 286 g/mol. The molecular weight excluding hydrogens is 264 g/mol. The average molecular weight is 286 g/mol. The highest BCUT2D eigenvalue weighted by Gasteiger charge is 2.19. The van der Waals surface area contributed by atoms with Gasteiger partial charge in [-0.1, -0.05) is 18.2 Å². The fraction of sp³-hybridized carbons (Fsp3) is 0.375. The van der Waals surface area contributed by atoms with Crippen molar-refractivity contribution in [3.8, 4) is 0 Å². The summed E-state index contributed by atoms with van der Waals surface area (Å²) in [6, 6.07) is 7.84. The van der Waals surface area contributed by atoms with Gasteiger partial charge in [0.25, 0.3) is 5.91 Å². The van der Waals surface area contributed by atoms with E-state index < -0.39 is 0 Å². The summed E-state index contributed by atoms with van der Waals surface area (Å²) in [5.41, 5.74) is 9.02. The van der Waals surface area contributed by atoms with Crippen LogP contribution in [-0.4, -0.2) is 29.3 Å². The van der Waals surface area contributed by atoms with Gasteiger partial charge in [-0.05, 0) is 38.4 Å². The van der Waals surface area contributed by atoms with Crippen LogP contribution in [0.3, 0.4) is 0 Å². The first-order valence-corrected chi connectivity index (χ1v) is 7.12. The molecule has 0 saturated heterocycles. The molecule has 0 spiro atoms. The number of nitrogens with zero attached hydrogens (tertiary/aromatic N) is 3. The number of aryl methyl sites for hydroxylation is 2. The van der Waals surface area contributed by atoms with Crippen molar-refractivity contribution in [2.75, 3.05) is 18.5 Å². The lowest BCUT2D eigenvalue weighted by molar-refractivity contribution is 0.0992. The molecule has 2 rings (SSSR count). The van der Waals surface area contributed by atoms with E-state index >= 15 is 0 Å². The van der Waals surface area contributed by atoms with Crippen LogP contribution in [0, 0.1) is 13.8 Å². The van der Waals surface area contributed by atoms with Gasteiger partial charge in [0, 0.05) is 25.0 Å². The third-order valence-electron chi connectivity index (χ3n) is 3.69. The van der Waals surface area contributed by atoms with Crippen LogP contribution < -0.4 is 10.6 Å². The quantitative estimate of drug-likeness (QED) is 0.915. The minimum atomic E-state index is -0.0409. The Hall–Kier alpha value is -2.14. The molecule has 21 heavy (non-hydrogen) atoms. The topological polar surface area (TPSA) is 64.2 Å². The molecule has 1 heterocycles. The number of carbonyl (C=O) groups excluding carboxylic acids is 1. The molecule has 1 aromatic carbocycles. The molecule has 0 atom stereocenters. The SMILES string of the molecule is Cc1ccccc1N(C)C(=O)c1cnn(CCCN)c1C. The normalized spacial score (nSPS) is 10.7. The molecule has 0 saturated carbocycles. The number of para-hydroxylation sites is 1. The zero-order chi connectivity index (χ0) is 15.4. The second-order valence-corrected chi connectivity index (χ2v) is 5.16. The van der Waals surface area contributed by atoms with Gasteiger partial charge >= 0.3 is 0 Å². The first-order chi connectivity index (χ1) is 10.1. The number of amides is 1. The smallest absolute Gasteiger partial charge is 0.261 e. The maximum atomic E-state index is 12.7. The largest absolute Gasteiger partial charge is 0.330 e. The van der Waals surface area contributed by atoms with Gasteiger partial charge in [0.2, 0.25) is 0 Å². The maximum Gasteiger partial charge on any atom is 0.261 e. The molecule has 0 radical (unpaired) electrons. The minimum absolute atomic E-state index is 0.0409. The fourth-order valence-corrected chi connectivity index (χ4v) is 2.35. The van der Waals surface area contributed by atoms with Crippen LogP contribution in [0.5, 0.6) is 0 Å². The Morgan fingerprint density at radius 1 is 1.33 bits per heavy atom. The number of rotatable bonds is 5. The molecule has 0 unspecified atom stereocenters. The molecule has 2 N–H and O–H groups in total. The molecule has 0 aliphatic carbocycles. The van der Waals surface area contributed by atoms with E-state index in [1.165, 1.54) is 0 Å². The molecule has 1 amide bonds. The maximum absolute atomic E-state index is 12.7. The van der Waals surface area contributed by atoms with Crippen molar-refractivity contribution in [3.05, 3.63) is 47.3 Å². The number of carbonyl (C=O) groups is 1. The van der Waals surface area contributed by atoms with Crippen molar-refractivity contribution >= 4 is 11.6 Å². The van der Waals surface area contributed by atoms with Gasteiger partial charge in [-0.3, -0.25) is 9.48 Å². The van der Waals surface area contributed by atoms with Crippen LogP contribution >= 0.6 is 0 Å². The highest BCUT2D eigenvalue weighted by atomic mass is 16.2. The summed E-state index contributed by atoms with van der Waals surface area (Å²) in [5, 5.41) is 4.29. The highest BCUT2D eigenvalue weighted by molar-refractivity contribution is 6.06. The standard InChI is InChI=1S/C16H22N4O/c1-12-7-4-5-8-15(12)19(3)16(21)14-11-18-20(13(14)2)10-6-9-17/h4-5,7-8,11H,6,9-10,17H2,1-3H3. The van der Waals surface area contributed by atoms with Crippen LogP contribution in [-0.2, 0) is 6.54 Å². The lowest BCUT2D eigenvalue weighted by atomic mass is 10.1. The zero-order valence-corrected chi connectivity index (χ0v) is 12.8. The summed E-state index contributed by atoms with van der Waals surface area (Å²) in [6.07, 6.45) is 2.49. The van der Waals surface area contributed by atoms with Crippen molar-refractivity contribution in [2.24, 2.45) is 5.73 Å². The van der Waals surface area contributed by atoms with Gasteiger partial charge in [0.15, 0.2) is 0 Å². The summed E-state index contributed by atoms with van der Waals surface area (Å²) < 4.78 is 1.84. The van der Waals surface area contributed by atoms with Gasteiger partial charge in [-0.2, -0.15) is 5.10 Å². The number of nitrogens with two attached hydrogens (primary N) is 1. The van der Waals surface area contributed by atoms with Gasteiger partial charge in [-0.15, -0.1) is 0 Å². The summed E-state index contributed by atoms with van der Waals surface area (Å²) in [5.74, 6) is -0.0409. The van der Waals surface area contributed by atoms with E-state index in [2.05, 4.69) is 5.10 Å². The molecule has 1 aromatic heterocycles. The average Bonchev–Trinajstić information content (AvgIpc) is 2.85. The van der Waals surface area contributed by atoms with E-state index in [1.54, 1.807) is 18.1 Å². The molecule has 112 valence electrons. The van der Waals surface area contributed by atoms with E-state index in [1.807, 2.05) is 42.8 Å². The third-order valence-corrected chi connectivity index (χ3v) is 3.69. The van der Waals surface area contributed by atoms with Crippen LogP contribution in [0.1, 0.15) is 28.0 Å². The predicted molar refractivity (Wildman–Crippen MR) is 84.5 cm³/mol. The lowest BCUT2D eigenvalue weighted by Crippen LogP contribution is -2.27. The number of hydrogen-bond donors (Lipinski definition) is 1. The van der Waals surface area contributed by atoms with E-state index in [9.17, 15) is 4.79 Å². The number of benzene rings is 1. The first kappa shape index (κ1) is 15.3. The van der Waals surface area contributed by atoms with E-state index in [-0.39, 0.29) is 5.91 Å². The Labute approximate surface area is 125 Å². The first-order valence-electron chi connectivity index (χ1n) is 7.12. The van der Waals surface area contributed by atoms with Gasteiger partial charge in [0.05, 0.1) is 11.8 Å². The Morgan fingerprint density at radius 2 is 2.05 bits per heavy atom. The second-order valence-electron chi connectivity index (χ2n) is 5.16. The van der Waals surface area contributed by atoms with Crippen LogP contribution in [0.4, 0.5) is 5.69 Å². The number of aromatic nitrogens is 2. The molecule has 5 nitrogen and oxygen atoms in total. The molecule has 0 bridgehead atoms. The molecule has 0 aliphatic rings. The van der Waals surface area contributed by atoms with E-state index in [0.717, 1.165) is 29.9 Å². The van der Waals surface area contributed by atoms with Crippen molar-refractivity contribution in [3.63, 3.8) is 0 Å². The van der Waals surface area contributed by atoms with Gasteiger partial charge in [0.1, 0.15) is 0 Å². The Bertz CT molecular complexity index is 633. The Kier molecular flexibility index (Phi) is 4.75. The van der Waals surface area contributed by atoms with E-state index in [0.29, 0.717) is 12.1 Å². The summed E-state index contributed by atoms with van der Waals surface area (Å²) in [6.45, 7) is 5.27. The molecular formula is C16H22N4O. The molecule has 2 aromatic rings. The lowest BCUT2D eigenvalue weighted by Gasteiger charge is -2.19. The predicted octanol–water partition coefficient (Wildman–Crippen LogP) is 2.13. The molecule has 0 fully saturated rings.